The first kappa shape index (κ1) is 14.5. The van der Waals surface area contributed by atoms with Crippen LogP contribution < -0.4 is 4.74 Å². The Morgan fingerprint density at radius 3 is 2.08 bits per heavy atom. The summed E-state index contributed by atoms with van der Waals surface area (Å²) in [7, 11) is 0. The highest BCUT2D eigenvalue weighted by molar-refractivity contribution is 5.85. The summed E-state index contributed by atoms with van der Waals surface area (Å²) in [6.07, 6.45) is 3.34. The number of allylic oxidation sites excluding steroid dienone is 1. The Balaban J connectivity index is 1.79. The monoisotopic (exact) mass is 324 g/mol. The third-order valence-electron chi connectivity index (χ3n) is 5.51. The third kappa shape index (κ3) is 1.90. The SMILES string of the molecule is CCc1ccc2c(c1)C(C)=CC1(O2)c2ccccc2-c2ccccc21. The summed E-state index contributed by atoms with van der Waals surface area (Å²) >= 11 is 0. The van der Waals surface area contributed by atoms with E-state index in [1.54, 1.807) is 0 Å². The maximum Gasteiger partial charge on any atom is 0.179 e. The lowest BCUT2D eigenvalue weighted by atomic mass is 9.85. The van der Waals surface area contributed by atoms with E-state index in [1.165, 1.54) is 39.0 Å². The van der Waals surface area contributed by atoms with Crippen molar-refractivity contribution in [1.29, 1.82) is 0 Å². The lowest BCUT2D eigenvalue weighted by Crippen LogP contribution is -2.32. The van der Waals surface area contributed by atoms with E-state index < -0.39 is 5.60 Å². The molecule has 0 saturated heterocycles. The zero-order chi connectivity index (χ0) is 17.0. The van der Waals surface area contributed by atoms with Crippen LogP contribution in [0.4, 0.5) is 0 Å². The predicted molar refractivity (Wildman–Crippen MR) is 103 cm³/mol. The Morgan fingerprint density at radius 2 is 1.44 bits per heavy atom. The molecule has 0 unspecified atom stereocenters. The first-order chi connectivity index (χ1) is 12.2. The average molecular weight is 324 g/mol. The number of rotatable bonds is 1. The van der Waals surface area contributed by atoms with E-state index in [4.69, 9.17) is 4.74 Å². The topological polar surface area (TPSA) is 9.23 Å². The van der Waals surface area contributed by atoms with Gasteiger partial charge in [0, 0.05) is 16.7 Å². The molecule has 0 atom stereocenters. The van der Waals surface area contributed by atoms with Gasteiger partial charge in [-0.3, -0.25) is 0 Å². The molecule has 0 fully saturated rings. The molecule has 0 aromatic heterocycles. The molecule has 1 heteroatoms. The Hall–Kier alpha value is -2.80. The summed E-state index contributed by atoms with van der Waals surface area (Å²) in [6, 6.07) is 23.8. The number of aryl methyl sites for hydroxylation is 1. The molecule has 2 aliphatic rings. The molecule has 1 heterocycles. The molecule has 122 valence electrons. The van der Waals surface area contributed by atoms with Gasteiger partial charge in [0.25, 0.3) is 0 Å². The van der Waals surface area contributed by atoms with Gasteiger partial charge in [-0.2, -0.15) is 0 Å². The van der Waals surface area contributed by atoms with E-state index in [-0.39, 0.29) is 0 Å². The molecular formula is C24H20O. The second-order valence-corrected chi connectivity index (χ2v) is 6.94. The minimum Gasteiger partial charge on any atom is -0.473 e. The predicted octanol–water partition coefficient (Wildman–Crippen LogP) is 5.97. The fourth-order valence-corrected chi connectivity index (χ4v) is 4.27. The van der Waals surface area contributed by atoms with Gasteiger partial charge in [0.1, 0.15) is 5.75 Å². The van der Waals surface area contributed by atoms with Gasteiger partial charge in [-0.1, -0.05) is 61.5 Å². The summed E-state index contributed by atoms with van der Waals surface area (Å²) in [5.41, 5.74) is 8.35. The van der Waals surface area contributed by atoms with Gasteiger partial charge in [0.15, 0.2) is 5.60 Å². The molecule has 0 amide bonds. The molecule has 0 bridgehead atoms. The van der Waals surface area contributed by atoms with Crippen LogP contribution >= 0.6 is 0 Å². The molecular weight excluding hydrogens is 304 g/mol. The first-order valence-electron chi connectivity index (χ1n) is 8.94. The fourth-order valence-electron chi connectivity index (χ4n) is 4.27. The van der Waals surface area contributed by atoms with Crippen molar-refractivity contribution in [3.63, 3.8) is 0 Å². The zero-order valence-electron chi connectivity index (χ0n) is 14.5. The second-order valence-electron chi connectivity index (χ2n) is 6.94. The van der Waals surface area contributed by atoms with Crippen molar-refractivity contribution in [3.8, 4) is 16.9 Å². The first-order valence-corrected chi connectivity index (χ1v) is 8.94. The van der Waals surface area contributed by atoms with Gasteiger partial charge in [0.05, 0.1) is 0 Å². The van der Waals surface area contributed by atoms with Crippen LogP contribution in [0, 0.1) is 0 Å². The van der Waals surface area contributed by atoms with Crippen molar-refractivity contribution in [2.24, 2.45) is 0 Å². The highest BCUT2D eigenvalue weighted by Crippen LogP contribution is 2.54. The van der Waals surface area contributed by atoms with Crippen molar-refractivity contribution in [2.75, 3.05) is 0 Å². The van der Waals surface area contributed by atoms with E-state index in [9.17, 15) is 0 Å². The number of hydrogen-bond acceptors (Lipinski definition) is 1. The van der Waals surface area contributed by atoms with Gasteiger partial charge in [-0.15, -0.1) is 0 Å². The molecule has 25 heavy (non-hydrogen) atoms. The van der Waals surface area contributed by atoms with Crippen LogP contribution in [-0.2, 0) is 12.0 Å². The number of benzene rings is 3. The quantitative estimate of drug-likeness (QED) is 0.536. The minimum absolute atomic E-state index is 0.516. The highest BCUT2D eigenvalue weighted by Gasteiger charge is 2.45. The van der Waals surface area contributed by atoms with Gasteiger partial charge in [0.2, 0.25) is 0 Å². The molecule has 3 aromatic rings. The van der Waals surface area contributed by atoms with Crippen molar-refractivity contribution >= 4 is 5.57 Å². The molecule has 1 aliphatic carbocycles. The molecule has 0 N–H and O–H groups in total. The lowest BCUT2D eigenvalue weighted by Gasteiger charge is -2.35. The number of hydrogen-bond donors (Lipinski definition) is 0. The van der Waals surface area contributed by atoms with Crippen molar-refractivity contribution in [2.45, 2.75) is 25.9 Å². The van der Waals surface area contributed by atoms with Crippen molar-refractivity contribution in [3.05, 3.63) is 95.1 Å². The second kappa shape index (κ2) is 5.10. The Morgan fingerprint density at radius 1 is 0.800 bits per heavy atom. The molecule has 3 aromatic carbocycles. The van der Waals surface area contributed by atoms with Crippen LogP contribution in [0.25, 0.3) is 16.7 Å². The van der Waals surface area contributed by atoms with E-state index in [1.807, 2.05) is 0 Å². The van der Waals surface area contributed by atoms with Gasteiger partial charge in [-0.25, -0.2) is 0 Å². The summed E-state index contributed by atoms with van der Waals surface area (Å²) < 4.78 is 6.73. The smallest absolute Gasteiger partial charge is 0.179 e. The standard InChI is InChI=1S/C24H20O/c1-3-17-12-13-23-20(14-17)16(2)15-24(25-23)21-10-6-4-8-18(21)19-9-5-7-11-22(19)24/h4-15H,3H2,1-2H3. The van der Waals surface area contributed by atoms with Crippen LogP contribution in [0.5, 0.6) is 5.75 Å². The highest BCUT2D eigenvalue weighted by atomic mass is 16.5. The fraction of sp³-hybridized carbons (Fsp3) is 0.167. The average Bonchev–Trinajstić information content (AvgIpc) is 2.92. The largest absolute Gasteiger partial charge is 0.473 e. The zero-order valence-corrected chi connectivity index (χ0v) is 14.5. The molecule has 1 aliphatic heterocycles. The van der Waals surface area contributed by atoms with Crippen molar-refractivity contribution in [1.82, 2.24) is 0 Å². The number of ether oxygens (including phenoxy) is 1. The van der Waals surface area contributed by atoms with Gasteiger partial charge < -0.3 is 4.74 Å². The van der Waals surface area contributed by atoms with E-state index >= 15 is 0 Å². The maximum atomic E-state index is 6.73. The van der Waals surface area contributed by atoms with Crippen LogP contribution in [0.2, 0.25) is 0 Å². The van der Waals surface area contributed by atoms with Crippen LogP contribution in [0.3, 0.4) is 0 Å². The minimum atomic E-state index is -0.516. The van der Waals surface area contributed by atoms with Crippen molar-refractivity contribution < 1.29 is 4.74 Å². The van der Waals surface area contributed by atoms with Gasteiger partial charge in [-0.05, 0) is 53.8 Å². The van der Waals surface area contributed by atoms with Crippen LogP contribution in [0.1, 0.15) is 36.1 Å². The summed E-state index contributed by atoms with van der Waals surface area (Å²) in [5, 5.41) is 0. The van der Waals surface area contributed by atoms with Crippen LogP contribution in [0.15, 0.2) is 72.8 Å². The Labute approximate surface area is 148 Å². The Bertz CT molecular complexity index is 980. The summed E-state index contributed by atoms with van der Waals surface area (Å²) in [5.74, 6) is 0.976. The van der Waals surface area contributed by atoms with E-state index in [2.05, 4.69) is 86.7 Å². The molecule has 5 rings (SSSR count). The Kier molecular flexibility index (Phi) is 2.96. The van der Waals surface area contributed by atoms with E-state index in [0.29, 0.717) is 0 Å². The molecule has 0 saturated carbocycles. The maximum absolute atomic E-state index is 6.73. The molecule has 0 radical (unpaired) electrons. The summed E-state index contributed by atoms with van der Waals surface area (Å²) in [6.45, 7) is 4.39. The summed E-state index contributed by atoms with van der Waals surface area (Å²) in [4.78, 5) is 0. The third-order valence-corrected chi connectivity index (χ3v) is 5.51. The number of fused-ring (bicyclic) bond motifs is 6. The van der Waals surface area contributed by atoms with Gasteiger partial charge >= 0.3 is 0 Å². The molecule has 1 nitrogen and oxygen atoms in total. The van der Waals surface area contributed by atoms with E-state index in [0.717, 1.165) is 12.2 Å². The molecule has 1 spiro atoms. The lowest BCUT2D eigenvalue weighted by molar-refractivity contribution is 0.165. The van der Waals surface area contributed by atoms with Crippen LogP contribution in [-0.4, -0.2) is 0 Å². The normalized spacial score (nSPS) is 15.8.